The average molecular weight is 329 g/mol. The molecule has 2 heterocycles. The summed E-state index contributed by atoms with van der Waals surface area (Å²) in [5, 5.41) is 10.2. The summed E-state index contributed by atoms with van der Waals surface area (Å²) in [7, 11) is 3.97. The fourth-order valence-corrected chi connectivity index (χ4v) is 3.70. The predicted octanol–water partition coefficient (Wildman–Crippen LogP) is 4.20. The van der Waals surface area contributed by atoms with Gasteiger partial charge in [-0.3, -0.25) is 0 Å². The van der Waals surface area contributed by atoms with E-state index in [-0.39, 0.29) is 0 Å². The molecular weight excluding hydrogens is 308 g/mol. The normalized spacial score (nSPS) is 18.7. The van der Waals surface area contributed by atoms with Gasteiger partial charge >= 0.3 is 0 Å². The third-order valence-electron chi connectivity index (χ3n) is 4.94. The molecule has 0 unspecified atom stereocenters. The Morgan fingerprint density at radius 2 is 2.04 bits per heavy atom. The number of hydrogen-bond donors (Lipinski definition) is 0. The molecule has 1 aromatic rings. The first-order valence-electron chi connectivity index (χ1n) is 8.01. The molecule has 0 amide bonds. The van der Waals surface area contributed by atoms with Crippen LogP contribution < -0.4 is 4.90 Å². The van der Waals surface area contributed by atoms with Gasteiger partial charge in [0.2, 0.25) is 0 Å². The summed E-state index contributed by atoms with van der Waals surface area (Å²) in [6, 6.07) is 6.49. The maximum Gasteiger partial charge on any atom is 0.130 e. The van der Waals surface area contributed by atoms with E-state index in [1.54, 1.807) is 6.07 Å². The third kappa shape index (κ3) is 2.70. The van der Waals surface area contributed by atoms with Crippen LogP contribution in [0.1, 0.15) is 37.8 Å². The van der Waals surface area contributed by atoms with Crippen LogP contribution in [-0.2, 0) is 0 Å². The van der Waals surface area contributed by atoms with E-state index in [9.17, 15) is 5.26 Å². The van der Waals surface area contributed by atoms with Crippen molar-refractivity contribution in [2.24, 2.45) is 0 Å². The zero-order chi connectivity index (χ0) is 16.6. The van der Waals surface area contributed by atoms with Crippen molar-refractivity contribution in [3.63, 3.8) is 0 Å². The van der Waals surface area contributed by atoms with Crippen LogP contribution >= 0.6 is 11.6 Å². The van der Waals surface area contributed by atoms with Crippen LogP contribution in [0.2, 0.25) is 5.15 Å². The maximum absolute atomic E-state index is 9.71. The quantitative estimate of drug-likeness (QED) is 0.763. The second-order valence-electron chi connectivity index (χ2n) is 6.25. The van der Waals surface area contributed by atoms with Crippen LogP contribution in [0.25, 0.3) is 5.70 Å². The molecule has 23 heavy (non-hydrogen) atoms. The molecule has 1 aliphatic heterocycles. The Morgan fingerprint density at radius 3 is 2.70 bits per heavy atom. The number of anilines is 1. The van der Waals surface area contributed by atoms with Gasteiger partial charge in [-0.15, -0.1) is 0 Å². The van der Waals surface area contributed by atoms with Crippen LogP contribution in [0.15, 0.2) is 30.0 Å². The molecule has 0 radical (unpaired) electrons. The zero-order valence-electron chi connectivity index (χ0n) is 13.6. The molecule has 1 aromatic heterocycles. The number of fused-ring (bicyclic) bond motifs is 1. The highest BCUT2D eigenvalue weighted by atomic mass is 35.5. The predicted molar refractivity (Wildman–Crippen MR) is 94.0 cm³/mol. The lowest BCUT2D eigenvalue weighted by Crippen LogP contribution is -2.36. The Morgan fingerprint density at radius 1 is 1.35 bits per heavy atom. The van der Waals surface area contributed by atoms with Gasteiger partial charge in [0, 0.05) is 20.1 Å². The van der Waals surface area contributed by atoms with E-state index < -0.39 is 0 Å². The van der Waals surface area contributed by atoms with E-state index in [1.165, 1.54) is 19.3 Å². The van der Waals surface area contributed by atoms with Gasteiger partial charge in [-0.05, 0) is 25.0 Å². The van der Waals surface area contributed by atoms with Crippen molar-refractivity contribution in [3.05, 3.63) is 40.8 Å². The minimum atomic E-state index is 0.437. The molecule has 1 aliphatic carbocycles. The number of hydrogen-bond acceptors (Lipinski definition) is 4. The third-order valence-corrected chi connectivity index (χ3v) is 5.15. The topological polar surface area (TPSA) is 43.2 Å². The lowest BCUT2D eigenvalue weighted by molar-refractivity contribution is 0.265. The molecule has 2 aliphatic rings. The van der Waals surface area contributed by atoms with Crippen molar-refractivity contribution in [3.8, 4) is 6.07 Å². The average Bonchev–Trinajstić information content (AvgIpc) is 2.58. The molecule has 120 valence electrons. The highest BCUT2D eigenvalue weighted by Crippen LogP contribution is 2.41. The summed E-state index contributed by atoms with van der Waals surface area (Å²) >= 11 is 6.13. The molecule has 1 fully saturated rings. The van der Waals surface area contributed by atoms with Crippen molar-refractivity contribution in [1.29, 1.82) is 5.26 Å². The van der Waals surface area contributed by atoms with Crippen molar-refractivity contribution >= 4 is 23.0 Å². The van der Waals surface area contributed by atoms with Crippen molar-refractivity contribution in [2.75, 3.05) is 19.0 Å². The van der Waals surface area contributed by atoms with Gasteiger partial charge in [0.1, 0.15) is 22.5 Å². The summed E-state index contributed by atoms with van der Waals surface area (Å²) in [5.41, 5.74) is 3.87. The number of likely N-dealkylation sites (N-methyl/N-ethyl adjacent to an activating group) is 1. The molecule has 0 atom stereocenters. The van der Waals surface area contributed by atoms with E-state index in [1.807, 2.05) is 18.0 Å². The van der Waals surface area contributed by atoms with E-state index >= 15 is 0 Å². The van der Waals surface area contributed by atoms with Gasteiger partial charge in [-0.25, -0.2) is 4.98 Å². The second-order valence-corrected chi connectivity index (χ2v) is 6.63. The number of nitriles is 1. The van der Waals surface area contributed by atoms with Crippen LogP contribution in [0, 0.1) is 11.3 Å². The fraction of sp³-hybridized carbons (Fsp3) is 0.444. The standard InChI is InChI=1S/C18H21ClN4/c1-12-14(11-20)18(23(3)13-7-5-4-6-8-13)17-15(22(12)2)9-10-16(19)21-17/h9-10,13H,1,4-8H2,2-3H3. The molecule has 3 rings (SSSR count). The Labute approximate surface area is 142 Å². The molecule has 0 saturated heterocycles. The lowest BCUT2D eigenvalue weighted by atomic mass is 9.92. The summed E-state index contributed by atoms with van der Waals surface area (Å²) < 4.78 is 0. The maximum atomic E-state index is 9.71. The van der Waals surface area contributed by atoms with Crippen LogP contribution in [0.4, 0.5) is 5.69 Å². The number of pyridine rings is 1. The Hall–Kier alpha value is -1.99. The Balaban J connectivity index is 2.14. The van der Waals surface area contributed by atoms with E-state index in [4.69, 9.17) is 11.6 Å². The van der Waals surface area contributed by atoms with Crippen molar-refractivity contribution < 1.29 is 0 Å². The van der Waals surface area contributed by atoms with Gasteiger partial charge in [0.15, 0.2) is 0 Å². The number of aromatic nitrogens is 1. The van der Waals surface area contributed by atoms with Crippen molar-refractivity contribution in [1.82, 2.24) is 9.88 Å². The van der Waals surface area contributed by atoms with Gasteiger partial charge in [-0.2, -0.15) is 5.26 Å². The largest absolute Gasteiger partial charge is 0.369 e. The van der Waals surface area contributed by atoms with E-state index in [0.29, 0.717) is 22.5 Å². The van der Waals surface area contributed by atoms with Gasteiger partial charge in [0.25, 0.3) is 0 Å². The first kappa shape index (κ1) is 15.9. The molecule has 0 aromatic carbocycles. The van der Waals surface area contributed by atoms with Gasteiger partial charge < -0.3 is 9.80 Å². The summed E-state index contributed by atoms with van der Waals surface area (Å²) in [6.07, 6.45) is 6.07. The molecule has 4 nitrogen and oxygen atoms in total. The number of rotatable bonds is 2. The smallest absolute Gasteiger partial charge is 0.130 e. The minimum Gasteiger partial charge on any atom is -0.369 e. The molecule has 0 N–H and O–H groups in total. The fourth-order valence-electron chi connectivity index (χ4n) is 3.55. The van der Waals surface area contributed by atoms with E-state index in [2.05, 4.69) is 29.6 Å². The molecule has 0 bridgehead atoms. The number of allylic oxidation sites excluding steroid dienone is 1. The summed E-state index contributed by atoms with van der Waals surface area (Å²) in [6.45, 7) is 4.10. The number of nitrogens with zero attached hydrogens (tertiary/aromatic N) is 4. The molecule has 0 spiro atoms. The highest BCUT2D eigenvalue weighted by molar-refractivity contribution is 6.29. The molecule has 1 saturated carbocycles. The van der Waals surface area contributed by atoms with E-state index in [0.717, 1.165) is 29.9 Å². The number of halogens is 1. The second kappa shape index (κ2) is 6.25. The minimum absolute atomic E-state index is 0.437. The van der Waals surface area contributed by atoms with Gasteiger partial charge in [0.05, 0.1) is 17.1 Å². The van der Waals surface area contributed by atoms with Crippen LogP contribution in [0.3, 0.4) is 0 Å². The highest BCUT2D eigenvalue weighted by Gasteiger charge is 2.32. The summed E-state index contributed by atoms with van der Waals surface area (Å²) in [5.74, 6) is 0. The van der Waals surface area contributed by atoms with Gasteiger partial charge in [-0.1, -0.05) is 37.4 Å². The van der Waals surface area contributed by atoms with Crippen LogP contribution in [-0.4, -0.2) is 30.0 Å². The molecule has 5 heteroatoms. The molecular formula is C18H21ClN4. The SMILES string of the molecule is C=C1C(C#N)=C(N(C)C2CCCCC2)c2nc(Cl)ccc2N1C. The first-order valence-corrected chi connectivity index (χ1v) is 8.39. The van der Waals surface area contributed by atoms with Crippen molar-refractivity contribution in [2.45, 2.75) is 38.1 Å². The monoisotopic (exact) mass is 328 g/mol. The summed E-state index contributed by atoms with van der Waals surface area (Å²) in [4.78, 5) is 8.66. The zero-order valence-corrected chi connectivity index (χ0v) is 14.4. The Bertz CT molecular complexity index is 710. The lowest BCUT2D eigenvalue weighted by Gasteiger charge is -2.39. The van der Waals surface area contributed by atoms with Crippen LogP contribution in [0.5, 0.6) is 0 Å². The Kier molecular flexibility index (Phi) is 4.32. The first-order chi connectivity index (χ1) is 11.0.